The Labute approximate surface area is 128 Å². The summed E-state index contributed by atoms with van der Waals surface area (Å²) in [4.78, 5) is 4.49. The van der Waals surface area contributed by atoms with Crippen LogP contribution in [0.2, 0.25) is 5.02 Å². The molecule has 5 heteroatoms. The van der Waals surface area contributed by atoms with Crippen LogP contribution < -0.4 is 5.32 Å². The average Bonchev–Trinajstić information content (AvgIpc) is 2.79. The summed E-state index contributed by atoms with van der Waals surface area (Å²) >= 11 is 7.79. The lowest BCUT2D eigenvalue weighted by Gasteiger charge is -2.17. The van der Waals surface area contributed by atoms with E-state index in [4.69, 9.17) is 11.6 Å². The minimum absolute atomic E-state index is 0.209. The maximum Gasteiger partial charge on any atom is 0.123 e. The number of nitrogens with zero attached hydrogens (tertiary/aromatic N) is 1. The van der Waals surface area contributed by atoms with Crippen molar-refractivity contribution in [2.24, 2.45) is 0 Å². The fourth-order valence-electron chi connectivity index (χ4n) is 2.22. The van der Waals surface area contributed by atoms with Gasteiger partial charge in [-0.05, 0) is 43.7 Å². The summed E-state index contributed by atoms with van der Waals surface area (Å²) in [6.45, 7) is 4.92. The van der Waals surface area contributed by atoms with Gasteiger partial charge in [0.1, 0.15) is 5.82 Å². The molecule has 1 aromatic heterocycles. The molecule has 0 aliphatic rings. The van der Waals surface area contributed by atoms with Gasteiger partial charge >= 0.3 is 0 Å². The van der Waals surface area contributed by atoms with Crippen molar-refractivity contribution in [2.75, 3.05) is 6.54 Å². The number of aryl methyl sites for hydroxylation is 1. The minimum Gasteiger partial charge on any atom is -0.314 e. The van der Waals surface area contributed by atoms with Crippen molar-refractivity contribution in [1.82, 2.24) is 10.3 Å². The van der Waals surface area contributed by atoms with Crippen LogP contribution in [-0.2, 0) is 12.8 Å². The summed E-state index contributed by atoms with van der Waals surface area (Å²) < 4.78 is 13.3. The second kappa shape index (κ2) is 7.16. The third-order valence-electron chi connectivity index (χ3n) is 3.09. The van der Waals surface area contributed by atoms with Crippen LogP contribution in [0.15, 0.2) is 23.6 Å². The molecule has 2 rings (SSSR count). The van der Waals surface area contributed by atoms with E-state index in [1.165, 1.54) is 12.1 Å². The molecular formula is C15H18ClFN2S. The maximum atomic E-state index is 13.3. The van der Waals surface area contributed by atoms with E-state index in [2.05, 4.69) is 22.6 Å². The second-order valence-corrected chi connectivity index (χ2v) is 6.23. The van der Waals surface area contributed by atoms with E-state index < -0.39 is 0 Å². The summed E-state index contributed by atoms with van der Waals surface area (Å²) in [5.74, 6) is -0.246. The molecule has 20 heavy (non-hydrogen) atoms. The second-order valence-electron chi connectivity index (χ2n) is 4.76. The van der Waals surface area contributed by atoms with Crippen molar-refractivity contribution in [3.8, 4) is 0 Å². The van der Waals surface area contributed by atoms with Crippen LogP contribution in [0.25, 0.3) is 0 Å². The van der Waals surface area contributed by atoms with Crippen molar-refractivity contribution < 1.29 is 4.39 Å². The van der Waals surface area contributed by atoms with Gasteiger partial charge in [0, 0.05) is 22.9 Å². The third kappa shape index (κ3) is 4.27. The number of hydrogen-bond acceptors (Lipinski definition) is 3. The molecule has 0 saturated carbocycles. The molecule has 0 aliphatic heterocycles. The molecule has 0 bridgehead atoms. The van der Waals surface area contributed by atoms with Crippen molar-refractivity contribution in [1.29, 1.82) is 0 Å². The smallest absolute Gasteiger partial charge is 0.123 e. The summed E-state index contributed by atoms with van der Waals surface area (Å²) in [5.41, 5.74) is 1.91. The molecule has 0 amide bonds. The standard InChI is InChI=1S/C15H18ClFN2S/c1-3-18-13(8-14-9-20-10(2)19-14)7-11-6-12(17)4-5-15(11)16/h4-6,9,13,18H,3,7-8H2,1-2H3. The number of nitrogens with one attached hydrogen (secondary N) is 1. The molecule has 1 aromatic carbocycles. The van der Waals surface area contributed by atoms with Gasteiger partial charge in [0.25, 0.3) is 0 Å². The molecule has 1 N–H and O–H groups in total. The molecule has 0 fully saturated rings. The van der Waals surface area contributed by atoms with Gasteiger partial charge < -0.3 is 5.32 Å². The predicted octanol–water partition coefficient (Wildman–Crippen LogP) is 4.01. The number of benzene rings is 1. The quantitative estimate of drug-likeness (QED) is 0.872. The molecule has 108 valence electrons. The highest BCUT2D eigenvalue weighted by molar-refractivity contribution is 7.09. The lowest BCUT2D eigenvalue weighted by Crippen LogP contribution is -2.33. The van der Waals surface area contributed by atoms with Crippen molar-refractivity contribution >= 4 is 22.9 Å². The van der Waals surface area contributed by atoms with E-state index in [1.54, 1.807) is 17.4 Å². The van der Waals surface area contributed by atoms with E-state index in [-0.39, 0.29) is 11.9 Å². The van der Waals surface area contributed by atoms with E-state index in [0.29, 0.717) is 11.4 Å². The first kappa shape index (κ1) is 15.4. The summed E-state index contributed by atoms with van der Waals surface area (Å²) in [6.07, 6.45) is 1.52. The predicted molar refractivity (Wildman–Crippen MR) is 83.1 cm³/mol. The van der Waals surface area contributed by atoms with Crippen LogP contribution in [0.3, 0.4) is 0 Å². The van der Waals surface area contributed by atoms with Gasteiger partial charge in [0.15, 0.2) is 0 Å². The zero-order valence-corrected chi connectivity index (χ0v) is 13.2. The van der Waals surface area contributed by atoms with Crippen molar-refractivity contribution in [2.45, 2.75) is 32.7 Å². The van der Waals surface area contributed by atoms with Gasteiger partial charge in [-0.3, -0.25) is 0 Å². The Morgan fingerprint density at radius 2 is 2.20 bits per heavy atom. The van der Waals surface area contributed by atoms with Crippen LogP contribution in [-0.4, -0.2) is 17.6 Å². The van der Waals surface area contributed by atoms with Gasteiger partial charge in [-0.15, -0.1) is 11.3 Å². The normalized spacial score (nSPS) is 12.6. The fourth-order valence-corrected chi connectivity index (χ4v) is 3.05. The van der Waals surface area contributed by atoms with Gasteiger partial charge in [0.05, 0.1) is 10.7 Å². The van der Waals surface area contributed by atoms with Gasteiger partial charge in [-0.2, -0.15) is 0 Å². The third-order valence-corrected chi connectivity index (χ3v) is 4.28. The maximum absolute atomic E-state index is 13.3. The highest BCUT2D eigenvalue weighted by atomic mass is 35.5. The highest BCUT2D eigenvalue weighted by Gasteiger charge is 2.14. The van der Waals surface area contributed by atoms with Crippen molar-refractivity contribution in [3.05, 3.63) is 50.7 Å². The highest BCUT2D eigenvalue weighted by Crippen LogP contribution is 2.20. The van der Waals surface area contributed by atoms with Crippen LogP contribution in [0.5, 0.6) is 0 Å². The molecule has 1 unspecified atom stereocenters. The number of halogens is 2. The van der Waals surface area contributed by atoms with Crippen molar-refractivity contribution in [3.63, 3.8) is 0 Å². The first-order chi connectivity index (χ1) is 9.58. The first-order valence-corrected chi connectivity index (χ1v) is 7.92. The van der Waals surface area contributed by atoms with Gasteiger partial charge in [0.2, 0.25) is 0 Å². The van der Waals surface area contributed by atoms with Gasteiger partial charge in [-0.25, -0.2) is 9.37 Å². The summed E-state index contributed by atoms with van der Waals surface area (Å²) in [7, 11) is 0. The zero-order valence-electron chi connectivity index (χ0n) is 11.6. The SMILES string of the molecule is CCNC(Cc1csc(C)n1)Cc1cc(F)ccc1Cl. The van der Waals surface area contributed by atoms with Gasteiger partial charge in [-0.1, -0.05) is 18.5 Å². The number of thiazole rings is 1. The number of rotatable bonds is 6. The molecule has 0 aliphatic carbocycles. The van der Waals surface area contributed by atoms with E-state index >= 15 is 0 Å². The topological polar surface area (TPSA) is 24.9 Å². The Morgan fingerprint density at radius 1 is 1.40 bits per heavy atom. The van der Waals surface area contributed by atoms with Crippen LogP contribution >= 0.6 is 22.9 Å². The van der Waals surface area contributed by atoms with E-state index in [0.717, 1.165) is 29.2 Å². The zero-order chi connectivity index (χ0) is 14.5. The fraction of sp³-hybridized carbons (Fsp3) is 0.400. The largest absolute Gasteiger partial charge is 0.314 e. The Balaban J connectivity index is 2.10. The molecule has 0 saturated heterocycles. The number of likely N-dealkylation sites (N-methyl/N-ethyl adjacent to an activating group) is 1. The average molecular weight is 313 g/mol. The lowest BCUT2D eigenvalue weighted by atomic mass is 10.0. The van der Waals surface area contributed by atoms with Crippen LogP contribution in [0.1, 0.15) is 23.2 Å². The lowest BCUT2D eigenvalue weighted by molar-refractivity contribution is 0.515. The first-order valence-electron chi connectivity index (χ1n) is 6.66. The molecule has 2 aromatic rings. The van der Waals surface area contributed by atoms with Crippen LogP contribution in [0, 0.1) is 12.7 Å². The summed E-state index contributed by atoms with van der Waals surface area (Å²) in [5, 5.41) is 7.18. The molecule has 0 spiro atoms. The molecular weight excluding hydrogens is 295 g/mol. The Bertz CT molecular complexity index is 571. The molecule has 0 radical (unpaired) electrons. The monoisotopic (exact) mass is 312 g/mol. The molecule has 1 atom stereocenters. The van der Waals surface area contributed by atoms with Crippen LogP contribution in [0.4, 0.5) is 4.39 Å². The summed E-state index contributed by atoms with van der Waals surface area (Å²) in [6, 6.07) is 4.72. The Kier molecular flexibility index (Phi) is 5.52. The Hall–Kier alpha value is -0.970. The Morgan fingerprint density at radius 3 is 2.85 bits per heavy atom. The number of aromatic nitrogens is 1. The number of hydrogen-bond donors (Lipinski definition) is 1. The van der Waals surface area contributed by atoms with E-state index in [9.17, 15) is 4.39 Å². The minimum atomic E-state index is -0.246. The molecule has 2 nitrogen and oxygen atoms in total. The molecule has 1 heterocycles. The van der Waals surface area contributed by atoms with E-state index in [1.807, 2.05) is 6.92 Å².